The number of rotatable bonds is 5. The first-order valence-corrected chi connectivity index (χ1v) is 9.76. The number of halogens is 1. The van der Waals surface area contributed by atoms with Gasteiger partial charge in [0.15, 0.2) is 11.4 Å². The zero-order chi connectivity index (χ0) is 22.7. The van der Waals surface area contributed by atoms with Crippen molar-refractivity contribution < 1.29 is 18.5 Å². The van der Waals surface area contributed by atoms with Crippen molar-refractivity contribution in [2.45, 2.75) is 13.5 Å². The van der Waals surface area contributed by atoms with E-state index in [9.17, 15) is 14.0 Å². The average Bonchev–Trinajstić information content (AvgIpc) is 3.16. The summed E-state index contributed by atoms with van der Waals surface area (Å²) < 4.78 is 19.3. The third-order valence-electron chi connectivity index (χ3n) is 4.82. The molecule has 0 aliphatic heterocycles. The van der Waals surface area contributed by atoms with Crippen molar-refractivity contribution in [1.82, 2.24) is 10.5 Å². The van der Waals surface area contributed by atoms with Crippen LogP contribution >= 0.6 is 0 Å². The minimum Gasteiger partial charge on any atom is -0.380 e. The first-order chi connectivity index (χ1) is 15.4. The molecule has 0 aliphatic carbocycles. The molecule has 8 nitrogen and oxygen atoms in total. The van der Waals surface area contributed by atoms with E-state index in [-0.39, 0.29) is 23.5 Å². The Hall–Kier alpha value is -4.40. The van der Waals surface area contributed by atoms with Gasteiger partial charge in [0.25, 0.3) is 5.91 Å². The SMILES string of the molecule is Cc1ccc(NC(=O)NCc2cc(NC(=O)c3cccc4onc(N)c34)ccc2F)cc1. The predicted octanol–water partition coefficient (Wildman–Crippen LogP) is 4.43. The van der Waals surface area contributed by atoms with Crippen LogP contribution in [-0.2, 0) is 6.54 Å². The summed E-state index contributed by atoms with van der Waals surface area (Å²) in [6.07, 6.45) is 0. The third-order valence-corrected chi connectivity index (χ3v) is 4.82. The van der Waals surface area contributed by atoms with Crippen molar-refractivity contribution in [3.63, 3.8) is 0 Å². The molecule has 1 aromatic heterocycles. The van der Waals surface area contributed by atoms with Crippen LogP contribution in [0.4, 0.5) is 26.4 Å². The number of hydrogen-bond donors (Lipinski definition) is 4. The fourth-order valence-corrected chi connectivity index (χ4v) is 3.18. The number of hydrogen-bond acceptors (Lipinski definition) is 5. The fourth-order valence-electron chi connectivity index (χ4n) is 3.18. The first-order valence-electron chi connectivity index (χ1n) is 9.76. The van der Waals surface area contributed by atoms with Gasteiger partial charge in [0, 0.05) is 23.5 Å². The fraction of sp³-hybridized carbons (Fsp3) is 0.0870. The van der Waals surface area contributed by atoms with Gasteiger partial charge in [-0.1, -0.05) is 28.9 Å². The van der Waals surface area contributed by atoms with Gasteiger partial charge in [-0.3, -0.25) is 4.79 Å². The van der Waals surface area contributed by atoms with E-state index in [2.05, 4.69) is 21.1 Å². The summed E-state index contributed by atoms with van der Waals surface area (Å²) in [6.45, 7) is 1.88. The van der Waals surface area contributed by atoms with E-state index >= 15 is 0 Å². The summed E-state index contributed by atoms with van der Waals surface area (Å²) in [6, 6.07) is 15.8. The van der Waals surface area contributed by atoms with Gasteiger partial charge in [0.1, 0.15) is 5.82 Å². The number of anilines is 3. The molecule has 4 aromatic rings. The molecule has 0 aliphatic rings. The molecule has 0 saturated carbocycles. The number of urea groups is 1. The van der Waals surface area contributed by atoms with Crippen LogP contribution in [0.2, 0.25) is 0 Å². The number of nitrogens with two attached hydrogens (primary N) is 1. The van der Waals surface area contributed by atoms with E-state index in [0.717, 1.165) is 5.56 Å². The summed E-state index contributed by atoms with van der Waals surface area (Å²) in [4.78, 5) is 24.9. The lowest BCUT2D eigenvalue weighted by Gasteiger charge is -2.11. The zero-order valence-electron chi connectivity index (χ0n) is 17.1. The minimum atomic E-state index is -0.510. The lowest BCUT2D eigenvalue weighted by Crippen LogP contribution is -2.28. The van der Waals surface area contributed by atoms with Gasteiger partial charge in [-0.15, -0.1) is 0 Å². The van der Waals surface area contributed by atoms with E-state index in [4.69, 9.17) is 10.3 Å². The normalized spacial score (nSPS) is 10.7. The van der Waals surface area contributed by atoms with Crippen LogP contribution in [0.1, 0.15) is 21.5 Å². The Kier molecular flexibility index (Phi) is 5.71. The maximum atomic E-state index is 14.2. The topological polar surface area (TPSA) is 122 Å². The van der Waals surface area contributed by atoms with Crippen molar-refractivity contribution in [3.05, 3.63) is 83.2 Å². The van der Waals surface area contributed by atoms with E-state index in [1.54, 1.807) is 30.3 Å². The number of aryl methyl sites for hydroxylation is 1. The lowest BCUT2D eigenvalue weighted by molar-refractivity contribution is 0.102. The maximum Gasteiger partial charge on any atom is 0.319 e. The largest absolute Gasteiger partial charge is 0.380 e. The van der Waals surface area contributed by atoms with Gasteiger partial charge in [-0.2, -0.15) is 0 Å². The van der Waals surface area contributed by atoms with Crippen LogP contribution in [-0.4, -0.2) is 17.1 Å². The molecule has 32 heavy (non-hydrogen) atoms. The lowest BCUT2D eigenvalue weighted by atomic mass is 10.1. The zero-order valence-corrected chi connectivity index (χ0v) is 17.1. The van der Waals surface area contributed by atoms with Gasteiger partial charge in [-0.05, 0) is 49.4 Å². The second kappa shape index (κ2) is 8.76. The molecule has 3 aromatic carbocycles. The Bertz CT molecular complexity index is 1300. The molecule has 0 bridgehead atoms. The number of nitrogens with one attached hydrogen (secondary N) is 3. The van der Waals surface area contributed by atoms with Crippen molar-refractivity contribution in [3.8, 4) is 0 Å². The molecule has 162 valence electrons. The standard InChI is InChI=1S/C23H20FN5O3/c1-13-5-7-15(8-6-13)28-23(31)26-12-14-11-16(9-10-18(14)24)27-22(30)17-3-2-4-19-20(17)21(25)29-32-19/h2-11H,12H2,1H3,(H2,25,29)(H,27,30)(H2,26,28,31). The van der Waals surface area contributed by atoms with Crippen molar-refractivity contribution in [2.75, 3.05) is 16.4 Å². The number of carbonyl (C=O) groups is 2. The van der Waals surface area contributed by atoms with Crippen LogP contribution < -0.4 is 21.7 Å². The summed E-state index contributed by atoms with van der Waals surface area (Å²) in [5.74, 6) is -0.855. The minimum absolute atomic E-state index is 0.0680. The number of carbonyl (C=O) groups excluding carboxylic acids is 2. The van der Waals surface area contributed by atoms with Gasteiger partial charge in [-0.25, -0.2) is 9.18 Å². The Morgan fingerprint density at radius 2 is 1.78 bits per heavy atom. The van der Waals surface area contributed by atoms with Crippen LogP contribution in [0.5, 0.6) is 0 Å². The molecule has 0 unspecified atom stereocenters. The number of aromatic nitrogens is 1. The number of fused-ring (bicyclic) bond motifs is 1. The van der Waals surface area contributed by atoms with Crippen LogP contribution in [0.3, 0.4) is 0 Å². The second-order valence-electron chi connectivity index (χ2n) is 7.18. The highest BCUT2D eigenvalue weighted by Gasteiger charge is 2.16. The first kappa shape index (κ1) is 20.9. The molecule has 0 atom stereocenters. The summed E-state index contributed by atoms with van der Waals surface area (Å²) in [5, 5.41) is 12.1. The van der Waals surface area contributed by atoms with Crippen molar-refractivity contribution >= 4 is 40.1 Å². The van der Waals surface area contributed by atoms with Crippen LogP contribution in [0.25, 0.3) is 11.0 Å². The number of nitrogens with zero attached hydrogens (tertiary/aromatic N) is 1. The number of amides is 3. The molecule has 5 N–H and O–H groups in total. The molecule has 4 rings (SSSR count). The number of benzene rings is 3. The van der Waals surface area contributed by atoms with Crippen molar-refractivity contribution in [2.24, 2.45) is 0 Å². The second-order valence-corrected chi connectivity index (χ2v) is 7.18. The van der Waals surface area contributed by atoms with Gasteiger partial charge >= 0.3 is 6.03 Å². The Balaban J connectivity index is 1.44. The molecule has 0 radical (unpaired) electrons. The summed E-state index contributed by atoms with van der Waals surface area (Å²) in [7, 11) is 0. The summed E-state index contributed by atoms with van der Waals surface area (Å²) in [5.41, 5.74) is 8.73. The quantitative estimate of drug-likeness (QED) is 0.371. The third kappa shape index (κ3) is 4.51. The highest BCUT2D eigenvalue weighted by atomic mass is 19.1. The monoisotopic (exact) mass is 433 g/mol. The maximum absolute atomic E-state index is 14.2. The van der Waals surface area contributed by atoms with Crippen LogP contribution in [0, 0.1) is 12.7 Å². The van der Waals surface area contributed by atoms with E-state index < -0.39 is 17.8 Å². The van der Waals surface area contributed by atoms with Gasteiger partial charge < -0.3 is 26.2 Å². The Labute approximate surface area is 182 Å². The molecule has 0 fully saturated rings. The molecule has 0 saturated heterocycles. The molecular weight excluding hydrogens is 413 g/mol. The average molecular weight is 433 g/mol. The van der Waals surface area contributed by atoms with E-state index in [1.807, 2.05) is 19.1 Å². The predicted molar refractivity (Wildman–Crippen MR) is 120 cm³/mol. The Morgan fingerprint density at radius 1 is 1.03 bits per heavy atom. The highest BCUT2D eigenvalue weighted by molar-refractivity contribution is 6.14. The number of nitrogen functional groups attached to an aromatic ring is 1. The van der Waals surface area contributed by atoms with Crippen molar-refractivity contribution in [1.29, 1.82) is 0 Å². The smallest absolute Gasteiger partial charge is 0.319 e. The molecule has 0 spiro atoms. The van der Waals surface area contributed by atoms with Gasteiger partial charge in [0.2, 0.25) is 0 Å². The highest BCUT2D eigenvalue weighted by Crippen LogP contribution is 2.25. The van der Waals surface area contributed by atoms with Gasteiger partial charge in [0.05, 0.1) is 10.9 Å². The molecule has 9 heteroatoms. The molecule has 3 amide bonds. The van der Waals surface area contributed by atoms with Crippen LogP contribution in [0.15, 0.2) is 65.2 Å². The Morgan fingerprint density at radius 3 is 2.56 bits per heavy atom. The van der Waals surface area contributed by atoms with E-state index in [1.165, 1.54) is 18.2 Å². The molecule has 1 heterocycles. The van der Waals surface area contributed by atoms with E-state index in [0.29, 0.717) is 22.3 Å². The summed E-state index contributed by atoms with van der Waals surface area (Å²) >= 11 is 0. The molecular formula is C23H20FN5O3.